The molecule has 6 nitrogen and oxygen atoms in total. The third kappa shape index (κ3) is 2.63. The maximum Gasteiger partial charge on any atom is 0.409 e. The molecule has 3 heterocycles. The Morgan fingerprint density at radius 1 is 1.04 bits per heavy atom. The molecule has 0 bridgehead atoms. The molecule has 5 fully saturated rings. The highest BCUT2D eigenvalue weighted by molar-refractivity contribution is 5.83. The van der Waals surface area contributed by atoms with Crippen molar-refractivity contribution >= 4 is 12.0 Å². The van der Waals surface area contributed by atoms with Crippen LogP contribution in [-0.4, -0.2) is 78.6 Å². The van der Waals surface area contributed by atoms with Crippen LogP contribution in [0.25, 0.3) is 0 Å². The predicted octanol–water partition coefficient (Wildman–Crippen LogP) is 1.80. The SMILES string of the molecule is CCOC(=O)N1CCC2(CC(N3C[C@@H]4[C@H](C3)[C@@H]4C(=O)N3CCCC3)C2)C1. The van der Waals surface area contributed by atoms with Gasteiger partial charge < -0.3 is 14.5 Å². The number of likely N-dealkylation sites (tertiary alicyclic amines) is 3. The number of carbonyl (C=O) groups is 2. The Balaban J connectivity index is 1.09. The molecule has 2 aliphatic carbocycles. The highest BCUT2D eigenvalue weighted by atomic mass is 16.6. The van der Waals surface area contributed by atoms with Crippen LogP contribution in [0.3, 0.4) is 0 Å². The Bertz CT molecular complexity index is 585. The Hall–Kier alpha value is -1.30. The van der Waals surface area contributed by atoms with Crippen LogP contribution >= 0.6 is 0 Å². The molecule has 0 aromatic carbocycles. The quantitative estimate of drug-likeness (QED) is 0.769. The van der Waals surface area contributed by atoms with Crippen LogP contribution in [0.2, 0.25) is 0 Å². The highest BCUT2D eigenvalue weighted by Crippen LogP contribution is 2.57. The molecule has 2 amide bonds. The molecular weight excluding hydrogens is 330 g/mol. The van der Waals surface area contributed by atoms with Crippen molar-refractivity contribution in [2.75, 3.05) is 45.9 Å². The number of ether oxygens (including phenoxy) is 1. The molecule has 5 rings (SSSR count). The summed E-state index contributed by atoms with van der Waals surface area (Å²) in [6.45, 7) is 8.26. The fourth-order valence-electron chi connectivity index (χ4n) is 6.21. The lowest BCUT2D eigenvalue weighted by molar-refractivity contribution is -0.132. The minimum absolute atomic E-state index is 0.140. The summed E-state index contributed by atoms with van der Waals surface area (Å²) in [7, 11) is 0. The summed E-state index contributed by atoms with van der Waals surface area (Å²) in [5.41, 5.74) is 0.342. The van der Waals surface area contributed by atoms with E-state index in [0.717, 1.165) is 45.7 Å². The molecule has 0 aromatic rings. The first kappa shape index (κ1) is 16.8. The molecule has 3 aliphatic heterocycles. The average molecular weight is 361 g/mol. The van der Waals surface area contributed by atoms with E-state index >= 15 is 0 Å². The number of nitrogens with zero attached hydrogens (tertiary/aromatic N) is 3. The van der Waals surface area contributed by atoms with E-state index in [4.69, 9.17) is 4.74 Å². The number of amides is 2. The summed E-state index contributed by atoms with van der Waals surface area (Å²) >= 11 is 0. The van der Waals surface area contributed by atoms with Crippen molar-refractivity contribution in [3.8, 4) is 0 Å². The van der Waals surface area contributed by atoms with Crippen molar-refractivity contribution in [1.29, 1.82) is 0 Å². The Kier molecular flexibility index (Phi) is 3.96. The molecule has 1 spiro atoms. The van der Waals surface area contributed by atoms with Gasteiger partial charge in [-0.05, 0) is 56.3 Å². The van der Waals surface area contributed by atoms with E-state index in [0.29, 0.717) is 41.7 Å². The van der Waals surface area contributed by atoms with Gasteiger partial charge in [0.2, 0.25) is 5.91 Å². The number of fused-ring (bicyclic) bond motifs is 1. The number of hydrogen-bond acceptors (Lipinski definition) is 4. The van der Waals surface area contributed by atoms with Crippen molar-refractivity contribution in [3.05, 3.63) is 0 Å². The van der Waals surface area contributed by atoms with Crippen molar-refractivity contribution in [1.82, 2.24) is 14.7 Å². The molecule has 26 heavy (non-hydrogen) atoms. The van der Waals surface area contributed by atoms with E-state index in [9.17, 15) is 9.59 Å². The minimum atomic E-state index is -0.140. The normalized spacial score (nSPS) is 41.4. The molecule has 3 saturated heterocycles. The van der Waals surface area contributed by atoms with E-state index in [2.05, 4.69) is 9.80 Å². The van der Waals surface area contributed by atoms with Crippen LogP contribution in [0.15, 0.2) is 0 Å². The predicted molar refractivity (Wildman–Crippen MR) is 96.5 cm³/mol. The molecule has 2 saturated carbocycles. The first-order chi connectivity index (χ1) is 12.6. The molecule has 3 atom stereocenters. The van der Waals surface area contributed by atoms with Crippen molar-refractivity contribution in [2.45, 2.75) is 45.1 Å². The molecule has 5 aliphatic rings. The second-order valence-corrected chi connectivity index (χ2v) is 9.27. The maximum atomic E-state index is 12.6. The van der Waals surface area contributed by atoms with Crippen LogP contribution < -0.4 is 0 Å². The molecular formula is C20H31N3O3. The Morgan fingerprint density at radius 2 is 1.73 bits per heavy atom. The summed E-state index contributed by atoms with van der Waals surface area (Å²) in [4.78, 5) is 31.2. The second kappa shape index (κ2) is 6.11. The van der Waals surface area contributed by atoms with Gasteiger partial charge in [-0.2, -0.15) is 0 Å². The van der Waals surface area contributed by atoms with Crippen LogP contribution in [0.5, 0.6) is 0 Å². The van der Waals surface area contributed by atoms with E-state index in [-0.39, 0.29) is 6.09 Å². The lowest BCUT2D eigenvalue weighted by Crippen LogP contribution is -2.52. The summed E-state index contributed by atoms with van der Waals surface area (Å²) in [5.74, 6) is 2.03. The van der Waals surface area contributed by atoms with Crippen molar-refractivity contribution in [3.63, 3.8) is 0 Å². The second-order valence-electron chi connectivity index (χ2n) is 9.27. The fraction of sp³-hybridized carbons (Fsp3) is 0.900. The smallest absolute Gasteiger partial charge is 0.409 e. The third-order valence-electron chi connectivity index (χ3n) is 7.74. The molecule has 0 radical (unpaired) electrons. The standard InChI is InChI=1S/C20H31N3O3/c1-2-26-19(25)22-8-5-20(13-22)9-14(10-20)23-11-15-16(12-23)17(15)18(24)21-6-3-4-7-21/h14-17H,2-13H2,1H3/t14?,15-,16+,17-,20?. The van der Waals surface area contributed by atoms with Gasteiger partial charge in [0, 0.05) is 51.2 Å². The lowest BCUT2D eigenvalue weighted by Gasteiger charge is -2.49. The summed E-state index contributed by atoms with van der Waals surface area (Å²) in [5, 5.41) is 0. The van der Waals surface area contributed by atoms with E-state index < -0.39 is 0 Å². The van der Waals surface area contributed by atoms with E-state index in [1.807, 2.05) is 11.8 Å². The lowest BCUT2D eigenvalue weighted by atomic mass is 9.64. The summed E-state index contributed by atoms with van der Waals surface area (Å²) in [6, 6.07) is 0.674. The molecule has 0 unspecified atom stereocenters. The Morgan fingerprint density at radius 3 is 2.38 bits per heavy atom. The first-order valence-electron chi connectivity index (χ1n) is 10.5. The van der Waals surface area contributed by atoms with Gasteiger partial charge in [-0.3, -0.25) is 9.69 Å². The minimum Gasteiger partial charge on any atom is -0.450 e. The molecule has 0 aromatic heterocycles. The summed E-state index contributed by atoms with van der Waals surface area (Å²) < 4.78 is 5.15. The van der Waals surface area contributed by atoms with Gasteiger partial charge in [0.1, 0.15) is 0 Å². The van der Waals surface area contributed by atoms with Gasteiger partial charge in [-0.25, -0.2) is 4.79 Å². The van der Waals surface area contributed by atoms with Gasteiger partial charge in [0.15, 0.2) is 0 Å². The molecule has 0 N–H and O–H groups in total. The van der Waals surface area contributed by atoms with E-state index in [1.165, 1.54) is 25.7 Å². The Labute approximate surface area is 155 Å². The number of hydrogen-bond donors (Lipinski definition) is 0. The zero-order chi connectivity index (χ0) is 17.9. The fourth-order valence-corrected chi connectivity index (χ4v) is 6.21. The van der Waals surface area contributed by atoms with Gasteiger partial charge in [-0.15, -0.1) is 0 Å². The van der Waals surface area contributed by atoms with Crippen LogP contribution in [0.4, 0.5) is 4.79 Å². The molecule has 144 valence electrons. The van der Waals surface area contributed by atoms with Gasteiger partial charge >= 0.3 is 6.09 Å². The number of carbonyl (C=O) groups excluding carboxylic acids is 2. The van der Waals surface area contributed by atoms with Crippen molar-refractivity contribution in [2.24, 2.45) is 23.2 Å². The van der Waals surface area contributed by atoms with Gasteiger partial charge in [0.05, 0.1) is 6.61 Å². The highest BCUT2D eigenvalue weighted by Gasteiger charge is 2.62. The molecule has 6 heteroatoms. The van der Waals surface area contributed by atoms with Crippen LogP contribution in [0, 0.1) is 23.2 Å². The third-order valence-corrected chi connectivity index (χ3v) is 7.74. The van der Waals surface area contributed by atoms with Crippen LogP contribution in [-0.2, 0) is 9.53 Å². The summed E-state index contributed by atoms with van der Waals surface area (Å²) in [6.07, 6.45) is 5.79. The average Bonchev–Trinajstić information content (AvgIpc) is 3.12. The monoisotopic (exact) mass is 361 g/mol. The maximum absolute atomic E-state index is 12.6. The largest absolute Gasteiger partial charge is 0.450 e. The first-order valence-corrected chi connectivity index (χ1v) is 10.5. The van der Waals surface area contributed by atoms with Gasteiger partial charge in [0.25, 0.3) is 0 Å². The van der Waals surface area contributed by atoms with Gasteiger partial charge in [-0.1, -0.05) is 0 Å². The zero-order valence-corrected chi connectivity index (χ0v) is 15.9. The van der Waals surface area contributed by atoms with Crippen molar-refractivity contribution < 1.29 is 14.3 Å². The van der Waals surface area contributed by atoms with E-state index in [1.54, 1.807) is 0 Å². The topological polar surface area (TPSA) is 53.1 Å². The number of piperidine rings is 1. The number of rotatable bonds is 3. The van der Waals surface area contributed by atoms with Crippen LogP contribution in [0.1, 0.15) is 39.0 Å². The zero-order valence-electron chi connectivity index (χ0n) is 15.9.